The van der Waals surface area contributed by atoms with E-state index >= 15 is 0 Å². The van der Waals surface area contributed by atoms with Crippen molar-refractivity contribution in [2.24, 2.45) is 11.8 Å². The lowest BCUT2D eigenvalue weighted by molar-refractivity contribution is -0.138. The number of carbonyl (C=O) groups is 1. The van der Waals surface area contributed by atoms with Gasteiger partial charge in [0.1, 0.15) is 5.82 Å². The summed E-state index contributed by atoms with van der Waals surface area (Å²) in [6, 6.07) is 6.25. The predicted molar refractivity (Wildman–Crippen MR) is 49.3 cm³/mol. The molecule has 2 atom stereocenters. The van der Waals surface area contributed by atoms with Crippen molar-refractivity contribution in [2.75, 3.05) is 0 Å². The zero-order chi connectivity index (χ0) is 10.1. The SMILES string of the molecule is O=C(O)[C@@H]1C[C@H]1Cc1ccc(F)cc1. The molecule has 1 aromatic carbocycles. The molecule has 0 bridgehead atoms. The van der Waals surface area contributed by atoms with Gasteiger partial charge in [0.15, 0.2) is 0 Å². The average Bonchev–Trinajstić information content (AvgIpc) is 2.88. The van der Waals surface area contributed by atoms with Gasteiger partial charge in [-0.05, 0) is 36.5 Å². The van der Waals surface area contributed by atoms with Crippen LogP contribution in [-0.2, 0) is 11.2 Å². The Labute approximate surface area is 81.4 Å². The largest absolute Gasteiger partial charge is 0.481 e. The normalized spacial score (nSPS) is 24.6. The monoisotopic (exact) mass is 194 g/mol. The van der Waals surface area contributed by atoms with Crippen molar-refractivity contribution >= 4 is 5.97 Å². The van der Waals surface area contributed by atoms with Gasteiger partial charge in [-0.15, -0.1) is 0 Å². The second kappa shape index (κ2) is 3.40. The summed E-state index contributed by atoms with van der Waals surface area (Å²) in [5, 5.41) is 8.69. The Hall–Kier alpha value is -1.38. The second-order valence-electron chi connectivity index (χ2n) is 3.77. The lowest BCUT2D eigenvalue weighted by Crippen LogP contribution is -2.01. The van der Waals surface area contributed by atoms with Gasteiger partial charge < -0.3 is 5.11 Å². The van der Waals surface area contributed by atoms with E-state index in [1.807, 2.05) is 0 Å². The van der Waals surface area contributed by atoms with E-state index in [0.717, 1.165) is 18.4 Å². The summed E-state index contributed by atoms with van der Waals surface area (Å²) in [7, 11) is 0. The Balaban J connectivity index is 1.94. The second-order valence-corrected chi connectivity index (χ2v) is 3.77. The van der Waals surface area contributed by atoms with Gasteiger partial charge in [-0.2, -0.15) is 0 Å². The number of benzene rings is 1. The molecule has 74 valence electrons. The highest BCUT2D eigenvalue weighted by Crippen LogP contribution is 2.41. The fraction of sp³-hybridized carbons (Fsp3) is 0.364. The van der Waals surface area contributed by atoms with Crippen molar-refractivity contribution in [3.8, 4) is 0 Å². The molecule has 1 saturated carbocycles. The van der Waals surface area contributed by atoms with Crippen LogP contribution in [0.1, 0.15) is 12.0 Å². The van der Waals surface area contributed by atoms with E-state index in [2.05, 4.69) is 0 Å². The van der Waals surface area contributed by atoms with Gasteiger partial charge >= 0.3 is 5.97 Å². The topological polar surface area (TPSA) is 37.3 Å². The van der Waals surface area contributed by atoms with Crippen molar-refractivity contribution in [3.05, 3.63) is 35.6 Å². The average molecular weight is 194 g/mol. The third-order valence-electron chi connectivity index (χ3n) is 2.65. The first kappa shape index (κ1) is 9.19. The lowest BCUT2D eigenvalue weighted by Gasteiger charge is -1.98. The summed E-state index contributed by atoms with van der Waals surface area (Å²) in [6.45, 7) is 0. The molecule has 0 aliphatic heterocycles. The third kappa shape index (κ3) is 1.92. The van der Waals surface area contributed by atoms with Crippen LogP contribution in [0.25, 0.3) is 0 Å². The molecule has 1 aliphatic carbocycles. The Morgan fingerprint density at radius 2 is 2.07 bits per heavy atom. The van der Waals surface area contributed by atoms with Crippen LogP contribution in [-0.4, -0.2) is 11.1 Å². The van der Waals surface area contributed by atoms with Crippen LogP contribution in [0.5, 0.6) is 0 Å². The first-order chi connectivity index (χ1) is 6.66. The standard InChI is InChI=1S/C11H11FO2/c12-9-3-1-7(2-4-9)5-8-6-10(8)11(13)14/h1-4,8,10H,5-6H2,(H,13,14)/t8-,10-/m1/s1. The van der Waals surface area contributed by atoms with E-state index in [9.17, 15) is 9.18 Å². The molecule has 3 heteroatoms. The van der Waals surface area contributed by atoms with Crippen molar-refractivity contribution in [1.82, 2.24) is 0 Å². The van der Waals surface area contributed by atoms with Crippen LogP contribution < -0.4 is 0 Å². The van der Waals surface area contributed by atoms with Gasteiger partial charge in [-0.25, -0.2) is 4.39 Å². The summed E-state index contributed by atoms with van der Waals surface area (Å²) < 4.78 is 12.6. The van der Waals surface area contributed by atoms with Crippen LogP contribution in [0.4, 0.5) is 4.39 Å². The summed E-state index contributed by atoms with van der Waals surface area (Å²) >= 11 is 0. The van der Waals surface area contributed by atoms with Crippen LogP contribution in [0.2, 0.25) is 0 Å². The number of carboxylic acid groups (broad SMARTS) is 1. The molecule has 2 nitrogen and oxygen atoms in total. The Morgan fingerprint density at radius 3 is 2.57 bits per heavy atom. The molecule has 0 saturated heterocycles. The van der Waals surface area contributed by atoms with Crippen LogP contribution in [0.3, 0.4) is 0 Å². The van der Waals surface area contributed by atoms with E-state index in [1.165, 1.54) is 12.1 Å². The maximum atomic E-state index is 12.6. The van der Waals surface area contributed by atoms with Crippen molar-refractivity contribution < 1.29 is 14.3 Å². The zero-order valence-electron chi connectivity index (χ0n) is 7.61. The molecule has 1 aliphatic rings. The van der Waals surface area contributed by atoms with Gasteiger partial charge in [0.25, 0.3) is 0 Å². The highest BCUT2D eigenvalue weighted by Gasteiger charge is 2.42. The molecule has 0 heterocycles. The zero-order valence-corrected chi connectivity index (χ0v) is 7.61. The predicted octanol–water partition coefficient (Wildman–Crippen LogP) is 2.09. The molecule has 0 unspecified atom stereocenters. The molecular weight excluding hydrogens is 183 g/mol. The van der Waals surface area contributed by atoms with Crippen LogP contribution in [0, 0.1) is 17.7 Å². The number of hydrogen-bond donors (Lipinski definition) is 1. The van der Waals surface area contributed by atoms with Gasteiger partial charge in [-0.3, -0.25) is 4.79 Å². The van der Waals surface area contributed by atoms with E-state index in [4.69, 9.17) is 5.11 Å². The van der Waals surface area contributed by atoms with Crippen molar-refractivity contribution in [3.63, 3.8) is 0 Å². The Kier molecular flexibility index (Phi) is 2.23. The minimum atomic E-state index is -0.711. The highest BCUT2D eigenvalue weighted by atomic mass is 19.1. The highest BCUT2D eigenvalue weighted by molar-refractivity contribution is 5.73. The summed E-state index contributed by atoms with van der Waals surface area (Å²) in [5.74, 6) is -0.894. The lowest BCUT2D eigenvalue weighted by atomic mass is 10.1. The van der Waals surface area contributed by atoms with Crippen molar-refractivity contribution in [1.29, 1.82) is 0 Å². The molecule has 14 heavy (non-hydrogen) atoms. The smallest absolute Gasteiger partial charge is 0.306 e. The van der Waals surface area contributed by atoms with E-state index in [1.54, 1.807) is 12.1 Å². The van der Waals surface area contributed by atoms with E-state index in [0.29, 0.717) is 0 Å². The molecule has 0 amide bonds. The summed E-state index contributed by atoms with van der Waals surface area (Å²) in [6.07, 6.45) is 1.50. The number of rotatable bonds is 3. The molecule has 0 spiro atoms. The first-order valence-corrected chi connectivity index (χ1v) is 4.64. The molecule has 1 fully saturated rings. The van der Waals surface area contributed by atoms with Gasteiger partial charge in [0.2, 0.25) is 0 Å². The maximum absolute atomic E-state index is 12.6. The van der Waals surface area contributed by atoms with Gasteiger partial charge in [0.05, 0.1) is 5.92 Å². The van der Waals surface area contributed by atoms with E-state index in [-0.39, 0.29) is 17.7 Å². The fourth-order valence-electron chi connectivity index (χ4n) is 1.70. The number of aliphatic carboxylic acids is 1. The fourth-order valence-corrected chi connectivity index (χ4v) is 1.70. The third-order valence-corrected chi connectivity index (χ3v) is 2.65. The molecule has 0 aromatic heterocycles. The minimum absolute atomic E-state index is 0.181. The summed E-state index contributed by atoms with van der Waals surface area (Å²) in [4.78, 5) is 10.6. The van der Waals surface area contributed by atoms with Gasteiger partial charge in [-0.1, -0.05) is 12.1 Å². The Bertz CT molecular complexity index is 345. The molecule has 1 N–H and O–H groups in total. The number of hydrogen-bond acceptors (Lipinski definition) is 1. The van der Waals surface area contributed by atoms with E-state index < -0.39 is 5.97 Å². The molecule has 2 rings (SSSR count). The van der Waals surface area contributed by atoms with Crippen LogP contribution >= 0.6 is 0 Å². The summed E-state index contributed by atoms with van der Waals surface area (Å²) in [5.41, 5.74) is 1.01. The molecule has 1 aromatic rings. The van der Waals surface area contributed by atoms with Crippen molar-refractivity contribution in [2.45, 2.75) is 12.8 Å². The number of carboxylic acids is 1. The molecule has 0 radical (unpaired) electrons. The Morgan fingerprint density at radius 1 is 1.43 bits per heavy atom. The minimum Gasteiger partial charge on any atom is -0.481 e. The number of halogens is 1. The van der Waals surface area contributed by atoms with Crippen LogP contribution in [0.15, 0.2) is 24.3 Å². The van der Waals surface area contributed by atoms with Gasteiger partial charge in [0, 0.05) is 0 Å². The maximum Gasteiger partial charge on any atom is 0.306 e. The molecular formula is C11H11FO2. The quantitative estimate of drug-likeness (QED) is 0.799. The first-order valence-electron chi connectivity index (χ1n) is 4.64.